The number of rotatable bonds is 9. The van der Waals surface area contributed by atoms with E-state index < -0.39 is 0 Å². The third-order valence-electron chi connectivity index (χ3n) is 8.92. The van der Waals surface area contributed by atoms with Gasteiger partial charge in [-0.1, -0.05) is 18.7 Å². The molecule has 4 rings (SSSR count). The fourth-order valence-corrected chi connectivity index (χ4v) is 6.65. The van der Waals surface area contributed by atoms with Crippen LogP contribution >= 0.6 is 26.0 Å². The van der Waals surface area contributed by atoms with Gasteiger partial charge in [-0.15, -0.1) is 6.58 Å². The van der Waals surface area contributed by atoms with Crippen LogP contribution in [0.3, 0.4) is 0 Å². The van der Waals surface area contributed by atoms with Crippen molar-refractivity contribution in [1.29, 1.82) is 0 Å². The largest absolute Gasteiger partial charge is 2.00 e. The molecule has 0 saturated carbocycles. The zero-order valence-corrected chi connectivity index (χ0v) is 53.9. The minimum atomic E-state index is 0. The summed E-state index contributed by atoms with van der Waals surface area (Å²) in [5.41, 5.74) is 1.17. The van der Waals surface area contributed by atoms with Crippen molar-refractivity contribution in [2.24, 2.45) is 0 Å². The van der Waals surface area contributed by atoms with Gasteiger partial charge in [-0.05, 0) is 87.1 Å². The summed E-state index contributed by atoms with van der Waals surface area (Å²) in [6.07, 6.45) is 10.4. The molecule has 0 aromatic carbocycles. The molecule has 0 amide bonds. The SMILES string of the molecule is C=C(C)C.CC(N1CCCC1)=[N+]1CCCC1.CC1=[N+](C)CCN1C.C[PH2+]C.C[PH2+]N1CCCC1.[CH2-]CN(C=[N+](C[CH2-])C[CH2-])C[CH2-].[CH2-]CN(C[CH2-])[PH2+]C.[U+2].[U+2].[U+2]. The Bertz CT molecular complexity index is 911. The molecule has 0 spiro atoms. The van der Waals surface area contributed by atoms with E-state index in [1.54, 1.807) is 0 Å². The van der Waals surface area contributed by atoms with Gasteiger partial charge in [0.05, 0.1) is 62.3 Å². The summed E-state index contributed by atoms with van der Waals surface area (Å²) in [7, 11) is 6.08. The fraction of sp³-hybridized carbons (Fsp3) is 0.732. The van der Waals surface area contributed by atoms with Gasteiger partial charge in [-0.3, -0.25) is 19.0 Å². The van der Waals surface area contributed by atoms with Gasteiger partial charge in [0.25, 0.3) is 0 Å². The van der Waals surface area contributed by atoms with Gasteiger partial charge in [0.15, 0.2) is 0 Å². The normalized spacial score (nSPS) is 15.6. The average Bonchev–Trinajstić information content (AvgIpc) is 3.99. The summed E-state index contributed by atoms with van der Waals surface area (Å²) in [6, 6.07) is 0. The van der Waals surface area contributed by atoms with Crippen LogP contribution in [0.5, 0.6) is 0 Å². The standard InChI is InChI=1S/C10H19N2.C9H17N2.C6H13N2.2C5H12NP.C4H8.C2H7P.3U/c1-10(11-6-2-3-7-11)12-8-4-5-9-12;1-5-10(6-2)9-11(7-3)8-4;1-6-7(2)4-5-8(6)3;1-7-6-4-2-3-5-6;1-4-6(5-2)7-3;1-4(2)3;1-3-2;;;/h2-9H2,1H3;9H,1-8H2;4-5H2,1-3H3;7H,2-5H2,1H3;7H,1-2,4-5H2,3H3;1H2,2-3H3;3H,1-2H3;;;/q+1;-3;+1;;-2;;;3*+2/p+3. The van der Waals surface area contributed by atoms with Crippen LogP contribution in [-0.2, 0) is 0 Å². The molecule has 2 atom stereocenters. The van der Waals surface area contributed by atoms with E-state index in [9.17, 15) is 0 Å². The topological polar surface area (TPSA) is 25.2 Å². The molecule has 3 fully saturated rings. The molecule has 0 radical (unpaired) electrons. The molecule has 0 aromatic heterocycles. The molecule has 4 heterocycles. The number of hydrogen-bond acceptors (Lipinski definition) is 3. The summed E-state index contributed by atoms with van der Waals surface area (Å²) >= 11 is 0. The third-order valence-corrected chi connectivity index (χ3v) is 11.4. The van der Waals surface area contributed by atoms with E-state index in [1.165, 1.54) is 108 Å². The molecule has 14 heteroatoms. The average molecular weight is 1500 g/mol. The molecule has 0 aliphatic carbocycles. The Labute approximate surface area is 422 Å². The van der Waals surface area contributed by atoms with Crippen LogP contribution in [0.25, 0.3) is 0 Å². The van der Waals surface area contributed by atoms with Crippen molar-refractivity contribution in [1.82, 2.24) is 24.0 Å². The van der Waals surface area contributed by atoms with E-state index in [4.69, 9.17) is 0 Å². The van der Waals surface area contributed by atoms with Gasteiger partial charge in [-0.25, -0.2) is 4.67 Å². The molecule has 316 valence electrons. The first-order chi connectivity index (χ1) is 24.8. The third kappa shape index (κ3) is 40.4. The van der Waals surface area contributed by atoms with E-state index in [1.807, 2.05) is 29.7 Å². The van der Waals surface area contributed by atoms with Crippen LogP contribution in [0, 0.1) is 135 Å². The summed E-state index contributed by atoms with van der Waals surface area (Å²) in [5, 5.41) is 0. The number of hydrogen-bond donors (Lipinski definition) is 0. The molecular weight excluding hydrogens is 1410 g/mol. The maximum Gasteiger partial charge on any atom is 2.00 e. The molecule has 4 aliphatic heterocycles. The van der Waals surface area contributed by atoms with Gasteiger partial charge in [0.2, 0.25) is 18.0 Å². The van der Waals surface area contributed by atoms with Gasteiger partial charge >= 0.3 is 93.3 Å². The fourth-order valence-electron chi connectivity index (χ4n) is 5.25. The Morgan fingerprint density at radius 3 is 1.40 bits per heavy atom. The van der Waals surface area contributed by atoms with Crippen molar-refractivity contribution in [2.75, 3.05) is 132 Å². The molecular formula is C41H91N8P3U3+6. The van der Waals surface area contributed by atoms with E-state index in [-0.39, 0.29) is 93.3 Å². The van der Waals surface area contributed by atoms with Gasteiger partial charge in [0, 0.05) is 49.0 Å². The van der Waals surface area contributed by atoms with Crippen molar-refractivity contribution >= 4 is 44.1 Å². The van der Waals surface area contributed by atoms with Crippen LogP contribution in [0.1, 0.15) is 66.2 Å². The first kappa shape index (κ1) is 69.2. The Balaban J connectivity index is -0.000000131. The summed E-state index contributed by atoms with van der Waals surface area (Å²) in [6.45, 7) is 58.5. The second-order valence-electron chi connectivity index (χ2n) is 13.6. The van der Waals surface area contributed by atoms with E-state index in [0.717, 1.165) is 47.8 Å². The summed E-state index contributed by atoms with van der Waals surface area (Å²) in [5.74, 6) is 2.91. The summed E-state index contributed by atoms with van der Waals surface area (Å²) in [4.78, 5) is 6.82. The van der Waals surface area contributed by atoms with Crippen LogP contribution in [0.2, 0.25) is 0 Å². The van der Waals surface area contributed by atoms with Crippen molar-refractivity contribution < 1.29 is 107 Å². The molecule has 0 bridgehead atoms. The Morgan fingerprint density at radius 1 is 0.745 bits per heavy atom. The predicted octanol–water partition coefficient (Wildman–Crippen LogP) is 6.15. The smallest absolute Gasteiger partial charge is 0.327 e. The monoisotopic (exact) mass is 1500 g/mol. The Hall–Kier alpha value is 2.52. The van der Waals surface area contributed by atoms with E-state index in [2.05, 4.69) is 131 Å². The number of amidine groups is 2. The quantitative estimate of drug-likeness (QED) is 0.0690. The molecule has 2 unspecified atom stereocenters. The first-order valence-electron chi connectivity index (χ1n) is 19.9. The van der Waals surface area contributed by atoms with Crippen molar-refractivity contribution in [3.8, 4) is 0 Å². The minimum absolute atomic E-state index is 0. The van der Waals surface area contributed by atoms with E-state index in [0.29, 0.717) is 17.5 Å². The molecule has 0 aromatic rings. The number of likely N-dealkylation sites (N-methyl/N-ethyl adjacent to an activating group) is 2. The Kier molecular flexibility index (Phi) is 61.9. The minimum Gasteiger partial charge on any atom is -0.327 e. The van der Waals surface area contributed by atoms with Crippen LogP contribution in [0.4, 0.5) is 0 Å². The second-order valence-corrected chi connectivity index (χ2v) is 17.2. The molecule has 4 aliphatic rings. The van der Waals surface area contributed by atoms with Gasteiger partial charge in [-0.2, -0.15) is 4.67 Å². The second kappa shape index (κ2) is 49.2. The predicted molar refractivity (Wildman–Crippen MR) is 251 cm³/mol. The molecule has 0 N–H and O–H groups in total. The molecule has 3 saturated heterocycles. The van der Waals surface area contributed by atoms with Crippen LogP contribution in [0.15, 0.2) is 12.2 Å². The zero-order chi connectivity index (χ0) is 40.3. The zero-order valence-electron chi connectivity index (χ0n) is 38.0. The number of allylic oxidation sites excluding steroid dienone is 1. The van der Waals surface area contributed by atoms with Crippen molar-refractivity contribution in [3.63, 3.8) is 0 Å². The van der Waals surface area contributed by atoms with Crippen molar-refractivity contribution in [3.05, 3.63) is 53.7 Å². The summed E-state index contributed by atoms with van der Waals surface area (Å²) < 4.78 is 11.6. The van der Waals surface area contributed by atoms with Crippen molar-refractivity contribution in [2.45, 2.75) is 66.2 Å². The maximum atomic E-state index is 3.77. The number of likely N-dealkylation sites (tertiary alicyclic amines) is 1. The van der Waals surface area contributed by atoms with Gasteiger partial charge in [0.1, 0.15) is 13.1 Å². The number of nitrogens with zero attached hydrogens (tertiary/aromatic N) is 8. The molecule has 55 heavy (non-hydrogen) atoms. The van der Waals surface area contributed by atoms with Crippen LogP contribution < -0.4 is 0 Å². The maximum absolute atomic E-state index is 3.77. The molecule has 8 nitrogen and oxygen atoms in total. The first-order valence-corrected chi connectivity index (χ1v) is 25.6. The van der Waals surface area contributed by atoms with E-state index >= 15 is 0 Å². The van der Waals surface area contributed by atoms with Gasteiger partial charge < -0.3 is 51.0 Å². The van der Waals surface area contributed by atoms with Crippen LogP contribution in [-0.4, -0.2) is 188 Å². The Morgan fingerprint density at radius 2 is 1.16 bits per heavy atom.